The summed E-state index contributed by atoms with van der Waals surface area (Å²) in [6.07, 6.45) is -0.0342. The number of nitriles is 1. The van der Waals surface area contributed by atoms with Crippen molar-refractivity contribution in [3.8, 4) is 17.6 Å². The molecule has 0 aromatic heterocycles. The van der Waals surface area contributed by atoms with Crippen molar-refractivity contribution in [2.24, 2.45) is 0 Å². The smallest absolute Gasteiger partial charge is 0.499 e. The van der Waals surface area contributed by atoms with Crippen LogP contribution < -0.4 is 4.74 Å². The predicted molar refractivity (Wildman–Crippen MR) is 151 cm³/mol. The molecule has 0 aliphatic rings. The second kappa shape index (κ2) is 19.0. The number of ether oxygens (including phenoxy) is 6. The molecule has 0 atom stereocenters. The van der Waals surface area contributed by atoms with Gasteiger partial charge in [0, 0.05) is 19.2 Å². The summed E-state index contributed by atoms with van der Waals surface area (Å²) < 4.78 is 30.9. The molecule has 0 bridgehead atoms. The normalized spacial score (nSPS) is 11.4. The molecule has 43 heavy (non-hydrogen) atoms. The first-order valence-corrected chi connectivity index (χ1v) is 13.5. The van der Waals surface area contributed by atoms with Gasteiger partial charge in [-0.1, -0.05) is 0 Å². The number of hydrogen-bond acceptors (Lipinski definition) is 13. The standard InChI is InChI=1S/C28H39N3O12/c1-6-30(7-2)26(34)21(19-29)16-20-17-22(31(36)37)25(33)23(18-20)42-27(35)41-15-14-40-13-12-39-11-10-38-9-8-24(32)43-28(3,4)5/h16-18,33H,6-15H2,1-5H3/b21-16+. The summed E-state index contributed by atoms with van der Waals surface area (Å²) in [7, 11) is 0. The molecule has 0 saturated carbocycles. The Morgan fingerprint density at radius 1 is 1.00 bits per heavy atom. The number of aromatic hydroxyl groups is 1. The average Bonchev–Trinajstić information content (AvgIpc) is 2.93. The van der Waals surface area contributed by atoms with Crippen molar-refractivity contribution in [1.82, 2.24) is 4.90 Å². The minimum absolute atomic E-state index is 0.0151. The summed E-state index contributed by atoms with van der Waals surface area (Å²) in [4.78, 5) is 48.1. The number of hydrogen-bond donors (Lipinski definition) is 1. The fourth-order valence-corrected chi connectivity index (χ4v) is 3.30. The fourth-order valence-electron chi connectivity index (χ4n) is 3.30. The number of nitro benzene ring substituents is 1. The van der Waals surface area contributed by atoms with Crippen LogP contribution in [-0.2, 0) is 33.3 Å². The van der Waals surface area contributed by atoms with Gasteiger partial charge in [0.15, 0.2) is 5.75 Å². The van der Waals surface area contributed by atoms with Crippen molar-refractivity contribution in [2.45, 2.75) is 46.6 Å². The van der Waals surface area contributed by atoms with Crippen molar-refractivity contribution >= 4 is 29.8 Å². The Kier molecular flexibility index (Phi) is 16.3. The summed E-state index contributed by atoms with van der Waals surface area (Å²) >= 11 is 0. The maximum atomic E-state index is 12.5. The Morgan fingerprint density at radius 3 is 2.07 bits per heavy atom. The number of nitro groups is 1. The van der Waals surface area contributed by atoms with Crippen LogP contribution in [0.4, 0.5) is 10.5 Å². The molecular weight excluding hydrogens is 570 g/mol. The lowest BCUT2D eigenvalue weighted by molar-refractivity contribution is -0.385. The van der Waals surface area contributed by atoms with Gasteiger partial charge in [-0.2, -0.15) is 5.26 Å². The molecule has 0 aliphatic heterocycles. The lowest BCUT2D eigenvalue weighted by Gasteiger charge is -2.19. The first-order valence-electron chi connectivity index (χ1n) is 13.5. The van der Waals surface area contributed by atoms with Gasteiger partial charge in [-0.05, 0) is 52.3 Å². The van der Waals surface area contributed by atoms with Crippen LogP contribution in [0.3, 0.4) is 0 Å². The molecule has 1 N–H and O–H groups in total. The van der Waals surface area contributed by atoms with Crippen LogP contribution >= 0.6 is 0 Å². The van der Waals surface area contributed by atoms with Crippen molar-refractivity contribution < 1.29 is 52.8 Å². The zero-order valence-corrected chi connectivity index (χ0v) is 25.1. The van der Waals surface area contributed by atoms with E-state index in [0.29, 0.717) is 13.1 Å². The molecule has 0 spiro atoms. The van der Waals surface area contributed by atoms with Crippen molar-refractivity contribution in [1.29, 1.82) is 5.26 Å². The molecule has 0 saturated heterocycles. The summed E-state index contributed by atoms with van der Waals surface area (Å²) in [6, 6.07) is 3.76. The van der Waals surface area contributed by atoms with E-state index in [9.17, 15) is 34.9 Å². The van der Waals surface area contributed by atoms with Gasteiger partial charge < -0.3 is 38.4 Å². The summed E-state index contributed by atoms with van der Waals surface area (Å²) in [5.74, 6) is -2.46. The zero-order valence-electron chi connectivity index (χ0n) is 25.1. The Morgan fingerprint density at radius 2 is 1.56 bits per heavy atom. The molecule has 1 aromatic carbocycles. The van der Waals surface area contributed by atoms with E-state index in [4.69, 9.17) is 28.4 Å². The van der Waals surface area contributed by atoms with E-state index in [1.165, 1.54) is 4.90 Å². The summed E-state index contributed by atoms with van der Waals surface area (Å²) in [5.41, 5.74) is -1.67. The topological polar surface area (TPSA) is 197 Å². The first-order chi connectivity index (χ1) is 20.3. The Bertz CT molecular complexity index is 1170. The van der Waals surface area contributed by atoms with E-state index < -0.39 is 39.8 Å². The maximum absolute atomic E-state index is 12.5. The van der Waals surface area contributed by atoms with Crippen LogP contribution in [0.5, 0.6) is 11.5 Å². The van der Waals surface area contributed by atoms with E-state index >= 15 is 0 Å². The number of carbonyl (C=O) groups excluding carboxylic acids is 3. The second-order valence-corrected chi connectivity index (χ2v) is 9.67. The lowest BCUT2D eigenvalue weighted by Crippen LogP contribution is -2.31. The number of nitrogens with zero attached hydrogens (tertiary/aromatic N) is 3. The van der Waals surface area contributed by atoms with Crippen LogP contribution in [-0.4, -0.2) is 97.9 Å². The van der Waals surface area contributed by atoms with Crippen LogP contribution in [0.25, 0.3) is 6.08 Å². The third-order valence-electron chi connectivity index (χ3n) is 5.24. The third kappa shape index (κ3) is 14.5. The number of esters is 1. The van der Waals surface area contributed by atoms with Gasteiger partial charge in [0.25, 0.3) is 5.91 Å². The molecule has 1 aromatic rings. The van der Waals surface area contributed by atoms with Crippen LogP contribution in [0.15, 0.2) is 17.7 Å². The largest absolute Gasteiger partial charge is 0.514 e. The first kappa shape index (κ1) is 36.8. The van der Waals surface area contributed by atoms with Crippen molar-refractivity contribution in [3.05, 3.63) is 33.4 Å². The van der Waals surface area contributed by atoms with Crippen molar-refractivity contribution in [2.75, 3.05) is 59.3 Å². The summed E-state index contributed by atoms with van der Waals surface area (Å²) in [6.45, 7) is 10.5. The number of likely N-dealkylation sites (N-methyl/N-ethyl adjacent to an activating group) is 1. The van der Waals surface area contributed by atoms with Crippen LogP contribution in [0, 0.1) is 21.4 Å². The molecule has 15 heteroatoms. The number of phenolic OH excluding ortho intramolecular Hbond substituents is 1. The SMILES string of the molecule is CCN(CC)C(=O)/C(C#N)=C/c1cc(OC(=O)OCCOCCOCCOCCC(=O)OC(C)(C)C)c(O)c([N+](=O)[O-])c1. The molecule has 1 amide bonds. The molecule has 0 unspecified atom stereocenters. The van der Waals surface area contributed by atoms with Crippen LogP contribution in [0.2, 0.25) is 0 Å². The molecule has 0 aliphatic carbocycles. The van der Waals surface area contributed by atoms with E-state index in [-0.39, 0.29) is 69.8 Å². The molecule has 1 rings (SSSR count). The van der Waals surface area contributed by atoms with Crippen LogP contribution in [0.1, 0.15) is 46.6 Å². The number of phenols is 1. The maximum Gasteiger partial charge on any atom is 0.514 e. The quantitative estimate of drug-likeness (QED) is 0.0484. The van der Waals surface area contributed by atoms with Crippen molar-refractivity contribution in [3.63, 3.8) is 0 Å². The van der Waals surface area contributed by atoms with E-state index in [1.54, 1.807) is 40.7 Å². The molecule has 0 radical (unpaired) electrons. The van der Waals surface area contributed by atoms with Gasteiger partial charge in [0.2, 0.25) is 5.75 Å². The highest BCUT2D eigenvalue weighted by Gasteiger charge is 2.24. The molecule has 0 fully saturated rings. The highest BCUT2D eigenvalue weighted by Crippen LogP contribution is 2.38. The second-order valence-electron chi connectivity index (χ2n) is 9.67. The van der Waals surface area contributed by atoms with Gasteiger partial charge in [0.1, 0.15) is 23.9 Å². The molecular formula is C28H39N3O12. The van der Waals surface area contributed by atoms with Gasteiger partial charge in [0.05, 0.1) is 51.0 Å². The Balaban J connectivity index is 2.49. The summed E-state index contributed by atoms with van der Waals surface area (Å²) in [5, 5.41) is 31.1. The Hall–Kier alpha value is -4.26. The predicted octanol–water partition coefficient (Wildman–Crippen LogP) is 3.37. The van der Waals surface area contributed by atoms with Gasteiger partial charge in [-0.25, -0.2) is 4.79 Å². The number of amides is 1. The molecule has 15 nitrogen and oxygen atoms in total. The zero-order chi connectivity index (χ0) is 32.4. The molecule has 238 valence electrons. The van der Waals surface area contributed by atoms with E-state index in [2.05, 4.69) is 0 Å². The van der Waals surface area contributed by atoms with Gasteiger partial charge >= 0.3 is 17.8 Å². The molecule has 0 heterocycles. The van der Waals surface area contributed by atoms with Gasteiger partial charge in [-0.3, -0.25) is 19.7 Å². The minimum atomic E-state index is -1.27. The number of benzene rings is 1. The highest BCUT2D eigenvalue weighted by atomic mass is 16.7. The third-order valence-corrected chi connectivity index (χ3v) is 5.24. The van der Waals surface area contributed by atoms with E-state index in [0.717, 1.165) is 18.2 Å². The highest BCUT2D eigenvalue weighted by molar-refractivity contribution is 6.01. The Labute approximate surface area is 250 Å². The fraction of sp³-hybridized carbons (Fsp3) is 0.571. The lowest BCUT2D eigenvalue weighted by atomic mass is 10.1. The van der Waals surface area contributed by atoms with Gasteiger partial charge in [-0.15, -0.1) is 0 Å². The number of carbonyl (C=O) groups is 3. The number of rotatable bonds is 18. The minimum Gasteiger partial charge on any atom is -0.499 e. The van der Waals surface area contributed by atoms with E-state index in [1.807, 2.05) is 0 Å². The monoisotopic (exact) mass is 609 g/mol. The average molecular weight is 610 g/mol.